The lowest BCUT2D eigenvalue weighted by molar-refractivity contribution is 0.295. The molecule has 0 bridgehead atoms. The van der Waals surface area contributed by atoms with Gasteiger partial charge in [0.05, 0.1) is 6.61 Å². The number of hydrogen-bond donors (Lipinski definition) is 1. The molecule has 2 rings (SSSR count). The van der Waals surface area contributed by atoms with Crippen LogP contribution in [0.15, 0.2) is 24.3 Å². The lowest BCUT2D eigenvalue weighted by Gasteiger charge is -2.09. The monoisotopic (exact) mass is 218 g/mol. The van der Waals surface area contributed by atoms with Gasteiger partial charge in [-0.2, -0.15) is 0 Å². The topological polar surface area (TPSA) is 21.3 Å². The number of hydrogen-bond acceptors (Lipinski definition) is 2. The minimum atomic E-state index is 0.819. The molecule has 0 aliphatic carbocycles. The molecule has 1 aromatic rings. The smallest absolute Gasteiger partial charge is 0.119 e. The minimum absolute atomic E-state index is 0.819. The van der Waals surface area contributed by atoms with Crippen LogP contribution in [0.4, 0.5) is 0 Å². The van der Waals surface area contributed by atoms with Crippen LogP contribution in [0.25, 0.3) is 0 Å². The summed E-state index contributed by atoms with van der Waals surface area (Å²) in [5.74, 6) is 1.81. The molecule has 1 saturated heterocycles. The van der Waals surface area contributed by atoms with E-state index in [0.29, 0.717) is 0 Å². The lowest BCUT2D eigenvalue weighted by atomic mass is 10.0. The van der Waals surface area contributed by atoms with E-state index in [-0.39, 0.29) is 0 Å². The van der Waals surface area contributed by atoms with Crippen LogP contribution in [-0.2, 0) is 0 Å². The molecule has 1 radical (unpaired) electrons. The maximum Gasteiger partial charge on any atom is 0.119 e. The Labute approximate surface area is 98.0 Å². The molecule has 1 aliphatic rings. The van der Waals surface area contributed by atoms with Crippen molar-refractivity contribution in [3.05, 3.63) is 36.8 Å². The third kappa shape index (κ3) is 3.53. The fourth-order valence-corrected chi connectivity index (χ4v) is 2.16. The molecule has 1 atom stereocenters. The van der Waals surface area contributed by atoms with E-state index in [1.165, 1.54) is 25.9 Å². The molecule has 0 spiro atoms. The molecule has 2 heteroatoms. The molecule has 1 aromatic carbocycles. The number of nitrogens with one attached hydrogen (secondary N) is 1. The number of rotatable bonds is 5. The maximum absolute atomic E-state index is 5.69. The summed E-state index contributed by atoms with van der Waals surface area (Å²) >= 11 is 0. The Balaban J connectivity index is 1.64. The van der Waals surface area contributed by atoms with Gasteiger partial charge in [-0.1, -0.05) is 12.1 Å². The highest BCUT2D eigenvalue weighted by molar-refractivity contribution is 5.29. The molecule has 0 amide bonds. The van der Waals surface area contributed by atoms with Crippen molar-refractivity contribution < 1.29 is 4.74 Å². The second-order valence-corrected chi connectivity index (χ2v) is 4.50. The van der Waals surface area contributed by atoms with Crippen molar-refractivity contribution >= 4 is 0 Å². The van der Waals surface area contributed by atoms with Gasteiger partial charge in [0.1, 0.15) is 5.75 Å². The largest absolute Gasteiger partial charge is 0.494 e. The van der Waals surface area contributed by atoms with Crippen LogP contribution in [0.5, 0.6) is 5.75 Å². The van der Waals surface area contributed by atoms with Gasteiger partial charge in [0.2, 0.25) is 0 Å². The van der Waals surface area contributed by atoms with Gasteiger partial charge in [0.15, 0.2) is 0 Å². The quantitative estimate of drug-likeness (QED) is 0.767. The minimum Gasteiger partial charge on any atom is -0.494 e. The Morgan fingerprint density at radius 2 is 2.38 bits per heavy atom. The standard InChI is InChI=1S/C14H20NO/c1-12-4-2-6-14(10-12)16-9-3-5-13-7-8-15-11-13/h2,4,6,10,13,15H,1,3,5,7-9,11H2. The zero-order chi connectivity index (χ0) is 11.2. The van der Waals surface area contributed by atoms with E-state index >= 15 is 0 Å². The molecule has 1 heterocycles. The summed E-state index contributed by atoms with van der Waals surface area (Å²) in [7, 11) is 0. The number of benzene rings is 1. The molecule has 16 heavy (non-hydrogen) atoms. The molecule has 87 valence electrons. The molecule has 1 unspecified atom stereocenters. The molecule has 0 aromatic heterocycles. The molecule has 1 N–H and O–H groups in total. The highest BCUT2D eigenvalue weighted by atomic mass is 16.5. The van der Waals surface area contributed by atoms with Gasteiger partial charge >= 0.3 is 0 Å². The number of ether oxygens (including phenoxy) is 1. The summed E-state index contributed by atoms with van der Waals surface area (Å²) in [5, 5.41) is 3.39. The van der Waals surface area contributed by atoms with Crippen LogP contribution < -0.4 is 10.1 Å². The third-order valence-electron chi connectivity index (χ3n) is 3.09. The van der Waals surface area contributed by atoms with Gasteiger partial charge in [0, 0.05) is 0 Å². The SMILES string of the molecule is [CH2]c1cccc(OCCCC2CCNC2)c1. The van der Waals surface area contributed by atoms with Crippen LogP contribution in [0.1, 0.15) is 24.8 Å². The lowest BCUT2D eigenvalue weighted by Crippen LogP contribution is -2.09. The van der Waals surface area contributed by atoms with Crippen LogP contribution in [0, 0.1) is 12.8 Å². The van der Waals surface area contributed by atoms with Gasteiger partial charge in [-0.05, 0) is 62.9 Å². The summed E-state index contributed by atoms with van der Waals surface area (Å²) in [4.78, 5) is 0. The molecule has 1 fully saturated rings. The van der Waals surface area contributed by atoms with E-state index in [0.717, 1.165) is 30.3 Å². The predicted octanol–water partition coefficient (Wildman–Crippen LogP) is 2.64. The first kappa shape index (κ1) is 11.5. The molecular formula is C14H20NO. The van der Waals surface area contributed by atoms with E-state index in [4.69, 9.17) is 4.74 Å². The van der Waals surface area contributed by atoms with Gasteiger partial charge in [0.25, 0.3) is 0 Å². The zero-order valence-corrected chi connectivity index (χ0v) is 9.74. The van der Waals surface area contributed by atoms with E-state index in [9.17, 15) is 0 Å². The Bertz CT molecular complexity index is 318. The van der Waals surface area contributed by atoms with Crippen molar-refractivity contribution in [2.75, 3.05) is 19.7 Å². The Morgan fingerprint density at radius 3 is 3.12 bits per heavy atom. The summed E-state index contributed by atoms with van der Waals surface area (Å²) in [6, 6.07) is 7.94. The van der Waals surface area contributed by atoms with Crippen LogP contribution in [0.2, 0.25) is 0 Å². The summed E-state index contributed by atoms with van der Waals surface area (Å²) in [6.45, 7) is 7.08. The highest BCUT2D eigenvalue weighted by Gasteiger charge is 2.13. The van der Waals surface area contributed by atoms with Gasteiger partial charge in [-0.25, -0.2) is 0 Å². The van der Waals surface area contributed by atoms with Crippen molar-refractivity contribution in [1.82, 2.24) is 5.32 Å². The summed E-state index contributed by atoms with van der Waals surface area (Å²) in [6.07, 6.45) is 3.75. The van der Waals surface area contributed by atoms with Crippen LogP contribution >= 0.6 is 0 Å². The second kappa shape index (κ2) is 5.90. The Morgan fingerprint density at radius 1 is 1.44 bits per heavy atom. The summed E-state index contributed by atoms with van der Waals surface area (Å²) in [5.41, 5.74) is 1.01. The summed E-state index contributed by atoms with van der Waals surface area (Å²) < 4.78 is 5.69. The second-order valence-electron chi connectivity index (χ2n) is 4.50. The molecule has 1 aliphatic heterocycles. The van der Waals surface area contributed by atoms with Crippen LogP contribution in [0.3, 0.4) is 0 Å². The van der Waals surface area contributed by atoms with E-state index in [1.54, 1.807) is 0 Å². The van der Waals surface area contributed by atoms with Crippen molar-refractivity contribution in [2.24, 2.45) is 5.92 Å². The fraction of sp³-hybridized carbons (Fsp3) is 0.500. The zero-order valence-electron chi connectivity index (χ0n) is 9.74. The van der Waals surface area contributed by atoms with Crippen molar-refractivity contribution in [1.29, 1.82) is 0 Å². The van der Waals surface area contributed by atoms with Crippen LogP contribution in [-0.4, -0.2) is 19.7 Å². The van der Waals surface area contributed by atoms with Gasteiger partial charge in [-0.15, -0.1) is 0 Å². The fourth-order valence-electron chi connectivity index (χ4n) is 2.16. The van der Waals surface area contributed by atoms with Gasteiger partial charge < -0.3 is 10.1 Å². The normalized spacial score (nSPS) is 19.9. The Kier molecular flexibility index (Phi) is 4.23. The first-order valence-electron chi connectivity index (χ1n) is 6.10. The van der Waals surface area contributed by atoms with Gasteiger partial charge in [-0.3, -0.25) is 0 Å². The molecular weight excluding hydrogens is 198 g/mol. The van der Waals surface area contributed by atoms with E-state index < -0.39 is 0 Å². The maximum atomic E-state index is 5.69. The predicted molar refractivity (Wildman–Crippen MR) is 66.6 cm³/mol. The molecule has 2 nitrogen and oxygen atoms in total. The van der Waals surface area contributed by atoms with Crippen molar-refractivity contribution in [3.8, 4) is 5.75 Å². The third-order valence-corrected chi connectivity index (χ3v) is 3.09. The van der Waals surface area contributed by atoms with Crippen molar-refractivity contribution in [3.63, 3.8) is 0 Å². The Hall–Kier alpha value is -1.02. The first-order valence-corrected chi connectivity index (χ1v) is 6.10. The average molecular weight is 218 g/mol. The molecule has 0 saturated carbocycles. The van der Waals surface area contributed by atoms with Crippen molar-refractivity contribution in [2.45, 2.75) is 19.3 Å². The first-order chi connectivity index (χ1) is 7.84. The van der Waals surface area contributed by atoms with E-state index in [1.807, 2.05) is 24.3 Å². The average Bonchev–Trinajstić information content (AvgIpc) is 2.77. The van der Waals surface area contributed by atoms with E-state index in [2.05, 4.69) is 12.2 Å². The highest BCUT2D eigenvalue weighted by Crippen LogP contribution is 2.16.